The number of aliphatic hydroxyl groups is 1. The standard InChI is InChI=1S/C27H32ClF3N6O3/c1-14-24(23-15(2)35-40-16(23)3)33-25(21-8-20(5-6-22(21)28)39-12-19(38)9-32-4)34-26(14)37-11-17-7-18(37)10-36(17)13-27(29,30)31/h5-6,8,17-19,32,38H,7,9-13H2,1-4H3/t17-,18-,19+/m0/s1. The molecule has 2 N–H and O–H groups in total. The molecule has 216 valence electrons. The highest BCUT2D eigenvalue weighted by Crippen LogP contribution is 2.41. The lowest BCUT2D eigenvalue weighted by Crippen LogP contribution is -2.49. The largest absolute Gasteiger partial charge is 0.491 e. The molecular formula is C27H32ClF3N6O3. The number of aliphatic hydroxyl groups excluding tert-OH is 1. The van der Waals surface area contributed by atoms with Gasteiger partial charge in [-0.15, -0.1) is 0 Å². The van der Waals surface area contributed by atoms with E-state index in [1.54, 1.807) is 32.2 Å². The number of likely N-dealkylation sites (N-methyl/N-ethyl adjacent to an activating group) is 1. The van der Waals surface area contributed by atoms with Crippen molar-refractivity contribution in [2.45, 2.75) is 51.6 Å². The van der Waals surface area contributed by atoms with Gasteiger partial charge in [-0.1, -0.05) is 16.8 Å². The van der Waals surface area contributed by atoms with Crippen LogP contribution in [0.15, 0.2) is 22.7 Å². The van der Waals surface area contributed by atoms with E-state index in [4.69, 9.17) is 30.8 Å². The molecule has 9 nitrogen and oxygen atoms in total. The molecule has 0 radical (unpaired) electrons. The molecule has 3 atom stereocenters. The summed E-state index contributed by atoms with van der Waals surface area (Å²) in [7, 11) is 1.74. The Bertz CT molecular complexity index is 1360. The number of fused-ring (bicyclic) bond motifs is 2. The molecule has 2 aromatic heterocycles. The minimum atomic E-state index is -4.24. The summed E-state index contributed by atoms with van der Waals surface area (Å²) in [6.45, 7) is 5.83. The Morgan fingerprint density at radius 1 is 1.20 bits per heavy atom. The first-order chi connectivity index (χ1) is 18.9. The third-order valence-electron chi connectivity index (χ3n) is 7.46. The van der Waals surface area contributed by atoms with E-state index in [2.05, 4.69) is 15.4 Å². The number of nitrogens with zero attached hydrogens (tertiary/aromatic N) is 5. The molecule has 40 heavy (non-hydrogen) atoms. The van der Waals surface area contributed by atoms with E-state index in [-0.39, 0.29) is 18.7 Å². The maximum Gasteiger partial charge on any atom is 0.401 e. The molecule has 13 heteroatoms. The Balaban J connectivity index is 1.54. The predicted octanol–water partition coefficient (Wildman–Crippen LogP) is 4.16. The molecule has 2 aliphatic rings. The van der Waals surface area contributed by atoms with Crippen molar-refractivity contribution in [2.24, 2.45) is 0 Å². The minimum absolute atomic E-state index is 0.0809. The van der Waals surface area contributed by atoms with Crippen LogP contribution in [0.2, 0.25) is 5.02 Å². The fourth-order valence-corrected chi connectivity index (χ4v) is 5.86. The third kappa shape index (κ3) is 5.76. The summed E-state index contributed by atoms with van der Waals surface area (Å²) in [5.74, 6) is 2.07. The van der Waals surface area contributed by atoms with Gasteiger partial charge in [0.2, 0.25) is 0 Å². The van der Waals surface area contributed by atoms with Crippen LogP contribution >= 0.6 is 11.6 Å². The second-order valence-electron chi connectivity index (χ2n) is 10.4. The third-order valence-corrected chi connectivity index (χ3v) is 7.79. The van der Waals surface area contributed by atoms with Crippen molar-refractivity contribution in [1.82, 2.24) is 25.3 Å². The van der Waals surface area contributed by atoms with Gasteiger partial charge in [-0.05, 0) is 52.4 Å². The second kappa shape index (κ2) is 11.2. The maximum absolute atomic E-state index is 13.1. The Morgan fingerprint density at radius 2 is 1.98 bits per heavy atom. The number of halogens is 4. The smallest absolute Gasteiger partial charge is 0.401 e. The van der Waals surface area contributed by atoms with Gasteiger partial charge < -0.3 is 24.6 Å². The van der Waals surface area contributed by atoms with E-state index in [1.165, 1.54) is 4.90 Å². The molecule has 1 aromatic carbocycles. The van der Waals surface area contributed by atoms with Crippen LogP contribution in [-0.2, 0) is 0 Å². The number of aromatic nitrogens is 3. The molecule has 0 unspecified atom stereocenters. The van der Waals surface area contributed by atoms with Crippen molar-refractivity contribution in [1.29, 1.82) is 0 Å². The van der Waals surface area contributed by atoms with Crippen LogP contribution in [0.25, 0.3) is 22.6 Å². The van der Waals surface area contributed by atoms with Crippen LogP contribution in [0.4, 0.5) is 19.0 Å². The lowest BCUT2D eigenvalue weighted by molar-refractivity contribution is -0.148. The fraction of sp³-hybridized carbons (Fsp3) is 0.519. The molecule has 0 spiro atoms. The number of nitrogens with one attached hydrogen (secondary N) is 1. The van der Waals surface area contributed by atoms with Gasteiger partial charge in [0.05, 0.1) is 28.5 Å². The second-order valence-corrected chi connectivity index (χ2v) is 10.9. The molecule has 2 saturated heterocycles. The van der Waals surface area contributed by atoms with Gasteiger partial charge in [0, 0.05) is 42.8 Å². The zero-order valence-corrected chi connectivity index (χ0v) is 23.5. The van der Waals surface area contributed by atoms with Crippen LogP contribution in [0, 0.1) is 20.8 Å². The molecule has 0 aliphatic carbocycles. The first-order valence-corrected chi connectivity index (χ1v) is 13.5. The van der Waals surface area contributed by atoms with Crippen LogP contribution < -0.4 is 15.0 Å². The lowest BCUT2D eigenvalue weighted by atomic mass is 10.0. The van der Waals surface area contributed by atoms with Crippen molar-refractivity contribution in [3.8, 4) is 28.4 Å². The molecule has 2 bridgehead atoms. The summed E-state index contributed by atoms with van der Waals surface area (Å²) < 4.78 is 50.6. The van der Waals surface area contributed by atoms with E-state index in [1.807, 2.05) is 13.8 Å². The molecule has 2 aliphatic heterocycles. The fourth-order valence-electron chi connectivity index (χ4n) is 5.65. The van der Waals surface area contributed by atoms with E-state index < -0.39 is 18.8 Å². The van der Waals surface area contributed by atoms with Crippen molar-refractivity contribution in [3.05, 3.63) is 40.2 Å². The number of hydrogen-bond donors (Lipinski definition) is 2. The van der Waals surface area contributed by atoms with Crippen LogP contribution in [-0.4, -0.2) is 89.3 Å². The topological polar surface area (TPSA) is 99.8 Å². The molecule has 2 fully saturated rings. The maximum atomic E-state index is 13.1. The van der Waals surface area contributed by atoms with Crippen LogP contribution in [0.3, 0.4) is 0 Å². The van der Waals surface area contributed by atoms with E-state index in [0.717, 1.165) is 11.1 Å². The van der Waals surface area contributed by atoms with Gasteiger partial charge in [0.15, 0.2) is 5.82 Å². The average Bonchev–Trinajstić information content (AvgIpc) is 3.57. The van der Waals surface area contributed by atoms with Crippen LogP contribution in [0.5, 0.6) is 5.75 Å². The summed E-state index contributed by atoms with van der Waals surface area (Å²) in [6, 6.07) is 4.79. The number of rotatable bonds is 9. The van der Waals surface area contributed by atoms with Crippen molar-refractivity contribution >= 4 is 17.4 Å². The van der Waals surface area contributed by atoms with Crippen molar-refractivity contribution < 1.29 is 27.5 Å². The molecule has 3 aromatic rings. The highest BCUT2D eigenvalue weighted by molar-refractivity contribution is 6.33. The van der Waals surface area contributed by atoms with Gasteiger partial charge >= 0.3 is 6.18 Å². The summed E-state index contributed by atoms with van der Waals surface area (Å²) in [5.41, 5.74) is 3.34. The van der Waals surface area contributed by atoms with Crippen molar-refractivity contribution in [3.63, 3.8) is 0 Å². The van der Waals surface area contributed by atoms with Gasteiger partial charge in [0.1, 0.15) is 30.0 Å². The van der Waals surface area contributed by atoms with Crippen LogP contribution in [0.1, 0.15) is 23.4 Å². The monoisotopic (exact) mass is 580 g/mol. The number of anilines is 1. The first kappa shape index (κ1) is 28.6. The van der Waals surface area contributed by atoms with Gasteiger partial charge in [-0.25, -0.2) is 9.97 Å². The number of alkyl halides is 3. The number of hydrogen-bond acceptors (Lipinski definition) is 9. The molecule has 4 heterocycles. The Kier molecular flexibility index (Phi) is 7.97. The first-order valence-electron chi connectivity index (χ1n) is 13.1. The van der Waals surface area contributed by atoms with Gasteiger partial charge in [0.25, 0.3) is 0 Å². The number of likely N-dealkylation sites (tertiary alicyclic amines) is 1. The zero-order valence-electron chi connectivity index (χ0n) is 22.7. The highest BCUT2D eigenvalue weighted by Gasteiger charge is 2.47. The van der Waals surface area contributed by atoms with Gasteiger partial charge in [-0.3, -0.25) is 4.90 Å². The SMILES string of the molecule is CNC[C@@H](O)COc1ccc(Cl)c(-c2nc(-c3c(C)noc3C)c(C)c(N3C[C@@H]4C[C@H]3CN4CC(F)(F)F)n2)c1. The Hall–Kier alpha value is -2.93. The lowest BCUT2D eigenvalue weighted by Gasteiger charge is -2.36. The normalized spacial score (nSPS) is 20.0. The Labute approximate surface area is 235 Å². The Morgan fingerprint density at radius 3 is 2.60 bits per heavy atom. The summed E-state index contributed by atoms with van der Waals surface area (Å²) in [5, 5.41) is 17.4. The number of benzene rings is 1. The number of ether oxygens (including phenoxy) is 1. The van der Waals surface area contributed by atoms with E-state index >= 15 is 0 Å². The summed E-state index contributed by atoms with van der Waals surface area (Å²) in [4.78, 5) is 13.4. The summed E-state index contributed by atoms with van der Waals surface area (Å²) >= 11 is 6.63. The highest BCUT2D eigenvalue weighted by atomic mass is 35.5. The minimum Gasteiger partial charge on any atom is -0.491 e. The molecule has 0 amide bonds. The molecular weight excluding hydrogens is 549 g/mol. The van der Waals surface area contributed by atoms with E-state index in [9.17, 15) is 18.3 Å². The summed E-state index contributed by atoms with van der Waals surface area (Å²) in [6.07, 6.45) is -4.30. The molecule has 0 saturated carbocycles. The van der Waals surface area contributed by atoms with E-state index in [0.29, 0.717) is 71.2 Å². The van der Waals surface area contributed by atoms with Crippen molar-refractivity contribution in [2.75, 3.05) is 44.7 Å². The quantitative estimate of drug-likeness (QED) is 0.386. The van der Waals surface area contributed by atoms with Gasteiger partial charge in [-0.2, -0.15) is 13.2 Å². The molecule has 5 rings (SSSR count). The predicted molar refractivity (Wildman–Crippen MR) is 145 cm³/mol. The zero-order chi connectivity index (χ0) is 28.8. The number of piperazine rings is 1. The number of aryl methyl sites for hydroxylation is 2. The average molecular weight is 581 g/mol.